The molecule has 5 nitrogen and oxygen atoms in total. The summed E-state index contributed by atoms with van der Waals surface area (Å²) in [6, 6.07) is 14.5. The number of anilines is 1. The van der Waals surface area contributed by atoms with Crippen molar-refractivity contribution in [1.29, 1.82) is 0 Å². The van der Waals surface area contributed by atoms with Crippen LogP contribution >= 0.6 is 0 Å². The van der Waals surface area contributed by atoms with Crippen LogP contribution < -0.4 is 10.1 Å². The lowest BCUT2D eigenvalue weighted by molar-refractivity contribution is -0.147. The van der Waals surface area contributed by atoms with Gasteiger partial charge in [0.2, 0.25) is 0 Å². The molecule has 2 rings (SSSR count). The van der Waals surface area contributed by atoms with Gasteiger partial charge in [-0.15, -0.1) is 0 Å². The fourth-order valence-corrected chi connectivity index (χ4v) is 1.75. The molecular formula is C17H16FNO4. The molecule has 2 aromatic carbocycles. The van der Waals surface area contributed by atoms with Crippen LogP contribution in [0.4, 0.5) is 10.1 Å². The van der Waals surface area contributed by atoms with Gasteiger partial charge in [-0.25, -0.2) is 4.39 Å². The Morgan fingerprint density at radius 3 is 2.57 bits per heavy atom. The Bertz CT molecular complexity index is 661. The largest absolute Gasteiger partial charge is 0.493 e. The van der Waals surface area contributed by atoms with Crippen LogP contribution in [0.15, 0.2) is 54.6 Å². The summed E-state index contributed by atoms with van der Waals surface area (Å²) >= 11 is 0. The molecule has 120 valence electrons. The highest BCUT2D eigenvalue weighted by Gasteiger charge is 2.08. The summed E-state index contributed by atoms with van der Waals surface area (Å²) in [5, 5.41) is 2.43. The smallest absolute Gasteiger partial charge is 0.309 e. The van der Waals surface area contributed by atoms with Crippen molar-refractivity contribution in [3.05, 3.63) is 60.4 Å². The van der Waals surface area contributed by atoms with Gasteiger partial charge in [-0.05, 0) is 30.3 Å². The minimum Gasteiger partial charge on any atom is -0.493 e. The molecule has 0 aromatic heterocycles. The van der Waals surface area contributed by atoms with E-state index in [4.69, 9.17) is 9.47 Å². The molecule has 0 heterocycles. The quantitative estimate of drug-likeness (QED) is 0.798. The maximum atomic E-state index is 13.0. The molecule has 0 bridgehead atoms. The van der Waals surface area contributed by atoms with E-state index in [2.05, 4.69) is 5.32 Å². The van der Waals surface area contributed by atoms with Crippen LogP contribution in [-0.2, 0) is 14.3 Å². The van der Waals surface area contributed by atoms with Crippen LogP contribution in [-0.4, -0.2) is 25.1 Å². The van der Waals surface area contributed by atoms with E-state index >= 15 is 0 Å². The number of carbonyl (C=O) groups is 2. The second-order valence-corrected chi connectivity index (χ2v) is 4.63. The van der Waals surface area contributed by atoms with Crippen molar-refractivity contribution in [1.82, 2.24) is 0 Å². The molecule has 1 amide bonds. The number of hydrogen-bond acceptors (Lipinski definition) is 4. The van der Waals surface area contributed by atoms with Crippen LogP contribution in [0, 0.1) is 5.82 Å². The normalized spacial score (nSPS) is 9.96. The molecule has 6 heteroatoms. The Labute approximate surface area is 133 Å². The molecule has 0 atom stereocenters. The number of benzene rings is 2. The molecule has 0 saturated heterocycles. The Hall–Kier alpha value is -2.89. The summed E-state index contributed by atoms with van der Waals surface area (Å²) in [5.74, 6) is -0.884. The molecule has 0 aliphatic heterocycles. The van der Waals surface area contributed by atoms with Crippen LogP contribution in [0.2, 0.25) is 0 Å². The minimum atomic E-state index is -0.546. The lowest BCUT2D eigenvalue weighted by atomic mass is 10.3. The lowest BCUT2D eigenvalue weighted by Crippen LogP contribution is -2.21. The van der Waals surface area contributed by atoms with Crippen LogP contribution in [0.3, 0.4) is 0 Å². The summed E-state index contributed by atoms with van der Waals surface area (Å²) in [6.45, 7) is -0.269. The summed E-state index contributed by atoms with van der Waals surface area (Å²) in [6.07, 6.45) is 0.0299. The van der Waals surface area contributed by atoms with E-state index in [9.17, 15) is 14.0 Å². The summed E-state index contributed by atoms with van der Waals surface area (Å²) in [4.78, 5) is 23.1. The van der Waals surface area contributed by atoms with Gasteiger partial charge in [0.25, 0.3) is 5.91 Å². The average Bonchev–Trinajstić information content (AvgIpc) is 2.54. The third-order valence-corrected chi connectivity index (χ3v) is 2.79. The Morgan fingerprint density at radius 1 is 1.04 bits per heavy atom. The molecule has 0 radical (unpaired) electrons. The van der Waals surface area contributed by atoms with Gasteiger partial charge in [0, 0.05) is 5.69 Å². The van der Waals surface area contributed by atoms with Gasteiger partial charge in [-0.2, -0.15) is 0 Å². The Morgan fingerprint density at radius 2 is 1.83 bits per heavy atom. The molecular weight excluding hydrogens is 301 g/mol. The fourth-order valence-electron chi connectivity index (χ4n) is 1.75. The van der Waals surface area contributed by atoms with Crippen LogP contribution in [0.5, 0.6) is 5.75 Å². The van der Waals surface area contributed by atoms with E-state index in [0.717, 1.165) is 0 Å². The number of ether oxygens (including phenoxy) is 2. The highest BCUT2D eigenvalue weighted by molar-refractivity contribution is 5.92. The standard InChI is InChI=1S/C17H16FNO4/c18-13-5-4-6-14(11-13)19-16(20)12-23-17(21)9-10-22-15-7-2-1-3-8-15/h1-8,11H,9-10,12H2,(H,19,20). The molecule has 1 N–H and O–H groups in total. The van der Waals surface area contributed by atoms with Crippen molar-refractivity contribution in [3.63, 3.8) is 0 Å². The Balaban J connectivity index is 1.65. The van der Waals surface area contributed by atoms with Gasteiger partial charge in [0.05, 0.1) is 13.0 Å². The topological polar surface area (TPSA) is 64.6 Å². The first-order valence-corrected chi connectivity index (χ1v) is 7.02. The van der Waals surface area contributed by atoms with Gasteiger partial charge in [-0.1, -0.05) is 24.3 Å². The van der Waals surface area contributed by atoms with Gasteiger partial charge in [-0.3, -0.25) is 9.59 Å². The number of para-hydroxylation sites is 1. The zero-order valence-electron chi connectivity index (χ0n) is 12.3. The maximum absolute atomic E-state index is 13.0. The van der Waals surface area contributed by atoms with E-state index in [0.29, 0.717) is 11.4 Å². The second-order valence-electron chi connectivity index (χ2n) is 4.63. The SMILES string of the molecule is O=C(COC(=O)CCOc1ccccc1)Nc1cccc(F)c1. The van der Waals surface area contributed by atoms with Gasteiger partial charge in [0.15, 0.2) is 6.61 Å². The molecule has 0 fully saturated rings. The molecule has 23 heavy (non-hydrogen) atoms. The van der Waals surface area contributed by atoms with E-state index in [1.165, 1.54) is 24.3 Å². The first kappa shape index (κ1) is 16.5. The van der Waals surface area contributed by atoms with Crippen LogP contribution in [0.1, 0.15) is 6.42 Å². The van der Waals surface area contributed by atoms with Crippen molar-refractivity contribution in [2.45, 2.75) is 6.42 Å². The number of halogens is 1. The monoisotopic (exact) mass is 317 g/mol. The van der Waals surface area contributed by atoms with Gasteiger partial charge >= 0.3 is 5.97 Å². The highest BCUT2D eigenvalue weighted by Crippen LogP contribution is 2.09. The van der Waals surface area contributed by atoms with Crippen molar-refractivity contribution >= 4 is 17.6 Å². The summed E-state index contributed by atoms with van der Waals surface area (Å²) < 4.78 is 23.1. The molecule has 0 unspecified atom stereocenters. The summed E-state index contributed by atoms with van der Waals surface area (Å²) in [7, 11) is 0. The van der Waals surface area contributed by atoms with Crippen molar-refractivity contribution < 1.29 is 23.5 Å². The predicted molar refractivity (Wildman–Crippen MR) is 82.5 cm³/mol. The fraction of sp³-hybridized carbons (Fsp3) is 0.176. The van der Waals surface area contributed by atoms with Crippen molar-refractivity contribution in [3.8, 4) is 5.75 Å². The number of carbonyl (C=O) groups excluding carboxylic acids is 2. The van der Waals surface area contributed by atoms with Gasteiger partial charge in [0.1, 0.15) is 11.6 Å². The molecule has 0 saturated carbocycles. The first-order valence-electron chi connectivity index (χ1n) is 7.02. The predicted octanol–water partition coefficient (Wildman–Crippen LogP) is 2.78. The van der Waals surface area contributed by atoms with Crippen molar-refractivity contribution in [2.24, 2.45) is 0 Å². The van der Waals surface area contributed by atoms with E-state index < -0.39 is 24.3 Å². The number of esters is 1. The van der Waals surface area contributed by atoms with E-state index in [-0.39, 0.29) is 13.0 Å². The lowest BCUT2D eigenvalue weighted by Gasteiger charge is -2.07. The zero-order chi connectivity index (χ0) is 16.5. The highest BCUT2D eigenvalue weighted by atomic mass is 19.1. The molecule has 0 spiro atoms. The van der Waals surface area contributed by atoms with Crippen LogP contribution in [0.25, 0.3) is 0 Å². The second kappa shape index (κ2) is 8.53. The summed E-state index contributed by atoms with van der Waals surface area (Å²) in [5.41, 5.74) is 0.304. The molecule has 0 aliphatic rings. The number of rotatable bonds is 7. The Kier molecular flexibility index (Phi) is 6.11. The molecule has 0 aliphatic carbocycles. The molecule has 2 aromatic rings. The maximum Gasteiger partial charge on any atom is 0.309 e. The number of hydrogen-bond donors (Lipinski definition) is 1. The minimum absolute atomic E-state index is 0.0299. The first-order chi connectivity index (χ1) is 11.1. The average molecular weight is 317 g/mol. The van der Waals surface area contributed by atoms with E-state index in [1.54, 1.807) is 12.1 Å². The third kappa shape index (κ3) is 6.17. The number of amides is 1. The number of nitrogens with one attached hydrogen (secondary N) is 1. The third-order valence-electron chi connectivity index (χ3n) is 2.79. The zero-order valence-corrected chi connectivity index (χ0v) is 12.3. The van der Waals surface area contributed by atoms with E-state index in [1.807, 2.05) is 18.2 Å². The van der Waals surface area contributed by atoms with Crippen molar-refractivity contribution in [2.75, 3.05) is 18.5 Å². The van der Waals surface area contributed by atoms with Gasteiger partial charge < -0.3 is 14.8 Å².